The Morgan fingerprint density at radius 2 is 1.89 bits per heavy atom. The van der Waals surface area contributed by atoms with Gasteiger partial charge in [0.1, 0.15) is 0 Å². The van der Waals surface area contributed by atoms with E-state index < -0.39 is 0 Å². The van der Waals surface area contributed by atoms with Crippen molar-refractivity contribution in [2.75, 3.05) is 7.05 Å². The van der Waals surface area contributed by atoms with E-state index >= 15 is 0 Å². The van der Waals surface area contributed by atoms with Crippen LogP contribution >= 0.6 is 0 Å². The van der Waals surface area contributed by atoms with E-state index in [0.717, 1.165) is 12.3 Å². The maximum Gasteiger partial charge on any atom is 0.0640 e. The molecule has 0 saturated heterocycles. The molecule has 0 aromatic carbocycles. The third kappa shape index (κ3) is 3.02. The summed E-state index contributed by atoms with van der Waals surface area (Å²) in [6.45, 7) is 0. The zero-order valence-corrected chi connectivity index (χ0v) is 12.1. The van der Waals surface area contributed by atoms with Crippen LogP contribution in [0, 0.1) is 5.92 Å². The largest absolute Gasteiger partial charge is 0.316 e. The summed E-state index contributed by atoms with van der Waals surface area (Å²) in [4.78, 5) is 0. The number of hydrogen-bond acceptors (Lipinski definition) is 2. The van der Waals surface area contributed by atoms with Crippen LogP contribution in [0.4, 0.5) is 0 Å². The number of likely N-dealkylation sites (N-methyl/N-ethyl adjacent to an activating group) is 1. The first-order valence-corrected chi connectivity index (χ1v) is 8.08. The summed E-state index contributed by atoms with van der Waals surface area (Å²) in [5.74, 6) is 0.863. The second-order valence-electron chi connectivity index (χ2n) is 6.37. The molecule has 106 valence electrons. The van der Waals surface area contributed by atoms with Crippen molar-refractivity contribution in [1.29, 1.82) is 0 Å². The average Bonchev–Trinajstić information content (AvgIpc) is 3.15. The minimum absolute atomic E-state index is 0.620. The second-order valence-corrected chi connectivity index (χ2v) is 6.37. The van der Waals surface area contributed by atoms with Crippen LogP contribution in [-0.4, -0.2) is 22.9 Å². The Hall–Kier alpha value is -0.830. The lowest BCUT2D eigenvalue weighted by atomic mass is 9.94. The highest BCUT2D eigenvalue weighted by Gasteiger charge is 2.25. The summed E-state index contributed by atoms with van der Waals surface area (Å²) in [5.41, 5.74) is 1.28. The van der Waals surface area contributed by atoms with Crippen LogP contribution < -0.4 is 5.32 Å². The molecule has 0 bridgehead atoms. The third-order valence-corrected chi connectivity index (χ3v) is 5.13. The average molecular weight is 261 g/mol. The van der Waals surface area contributed by atoms with Gasteiger partial charge in [0.15, 0.2) is 0 Å². The van der Waals surface area contributed by atoms with Gasteiger partial charge in [-0.15, -0.1) is 0 Å². The van der Waals surface area contributed by atoms with E-state index in [1.807, 2.05) is 0 Å². The molecule has 3 nitrogen and oxygen atoms in total. The van der Waals surface area contributed by atoms with E-state index in [9.17, 15) is 0 Å². The van der Waals surface area contributed by atoms with Crippen LogP contribution in [0.1, 0.15) is 63.1 Å². The van der Waals surface area contributed by atoms with Gasteiger partial charge in [-0.25, -0.2) is 0 Å². The maximum absolute atomic E-state index is 4.83. The Morgan fingerprint density at radius 3 is 2.58 bits per heavy atom. The SMILES string of the molecule is CNC(Cc1ccn(C2CCCC2)n1)C1CCCC1. The van der Waals surface area contributed by atoms with Crippen LogP contribution in [0.3, 0.4) is 0 Å². The highest BCUT2D eigenvalue weighted by atomic mass is 15.3. The van der Waals surface area contributed by atoms with Gasteiger partial charge < -0.3 is 5.32 Å². The van der Waals surface area contributed by atoms with Gasteiger partial charge in [0.05, 0.1) is 11.7 Å². The number of hydrogen-bond donors (Lipinski definition) is 1. The Balaban J connectivity index is 1.61. The lowest BCUT2D eigenvalue weighted by Crippen LogP contribution is -2.34. The Labute approximate surface area is 116 Å². The Kier molecular flexibility index (Phi) is 4.21. The van der Waals surface area contributed by atoms with Gasteiger partial charge in [-0.3, -0.25) is 4.68 Å². The third-order valence-electron chi connectivity index (χ3n) is 5.13. The second kappa shape index (κ2) is 6.08. The lowest BCUT2D eigenvalue weighted by Gasteiger charge is -2.22. The molecule has 2 aliphatic carbocycles. The van der Waals surface area contributed by atoms with E-state index in [2.05, 4.69) is 29.3 Å². The maximum atomic E-state index is 4.83. The normalized spacial score (nSPS) is 23.2. The quantitative estimate of drug-likeness (QED) is 0.881. The van der Waals surface area contributed by atoms with E-state index in [4.69, 9.17) is 5.10 Å². The molecule has 19 heavy (non-hydrogen) atoms. The molecule has 0 amide bonds. The van der Waals surface area contributed by atoms with Gasteiger partial charge in [0, 0.05) is 18.7 Å². The van der Waals surface area contributed by atoms with E-state index in [1.54, 1.807) is 0 Å². The summed E-state index contributed by atoms with van der Waals surface area (Å²) in [5, 5.41) is 8.35. The predicted molar refractivity (Wildman–Crippen MR) is 78.2 cm³/mol. The summed E-state index contributed by atoms with van der Waals surface area (Å²) >= 11 is 0. The first-order chi connectivity index (χ1) is 9.36. The van der Waals surface area contributed by atoms with Gasteiger partial charge in [0.2, 0.25) is 0 Å². The first-order valence-electron chi connectivity index (χ1n) is 8.08. The minimum atomic E-state index is 0.620. The molecule has 0 aliphatic heterocycles. The molecule has 3 heteroatoms. The van der Waals surface area contributed by atoms with Crippen molar-refractivity contribution < 1.29 is 0 Å². The first kappa shape index (κ1) is 13.2. The molecule has 1 atom stereocenters. The molecule has 1 aromatic heterocycles. The molecule has 0 radical (unpaired) electrons. The molecule has 2 aliphatic rings. The molecule has 3 rings (SSSR count). The monoisotopic (exact) mass is 261 g/mol. The molecular formula is C16H27N3. The molecule has 1 aromatic rings. The van der Waals surface area contributed by atoms with E-state index in [0.29, 0.717) is 12.1 Å². The van der Waals surface area contributed by atoms with Gasteiger partial charge in [0.25, 0.3) is 0 Å². The molecule has 1 unspecified atom stereocenters. The molecule has 0 spiro atoms. The van der Waals surface area contributed by atoms with Crippen molar-refractivity contribution in [1.82, 2.24) is 15.1 Å². The van der Waals surface area contributed by atoms with Gasteiger partial charge in [-0.2, -0.15) is 5.10 Å². The van der Waals surface area contributed by atoms with Crippen molar-refractivity contribution in [3.05, 3.63) is 18.0 Å². The fourth-order valence-corrected chi connectivity index (χ4v) is 3.95. The van der Waals surface area contributed by atoms with E-state index in [-0.39, 0.29) is 0 Å². The zero-order valence-electron chi connectivity index (χ0n) is 12.1. The molecule has 1 heterocycles. The number of nitrogens with one attached hydrogen (secondary N) is 1. The van der Waals surface area contributed by atoms with Crippen molar-refractivity contribution in [3.63, 3.8) is 0 Å². The highest BCUT2D eigenvalue weighted by molar-refractivity contribution is 5.04. The van der Waals surface area contributed by atoms with Crippen molar-refractivity contribution in [2.24, 2.45) is 5.92 Å². The molecule has 1 N–H and O–H groups in total. The highest BCUT2D eigenvalue weighted by Crippen LogP contribution is 2.30. The van der Waals surface area contributed by atoms with Crippen LogP contribution in [0.2, 0.25) is 0 Å². The van der Waals surface area contributed by atoms with Gasteiger partial charge >= 0.3 is 0 Å². The zero-order chi connectivity index (χ0) is 13.1. The summed E-state index contributed by atoms with van der Waals surface area (Å²) < 4.78 is 2.23. The fourth-order valence-electron chi connectivity index (χ4n) is 3.95. The van der Waals surface area contributed by atoms with Crippen LogP contribution in [0.5, 0.6) is 0 Å². The van der Waals surface area contributed by atoms with Crippen molar-refractivity contribution in [3.8, 4) is 0 Å². The fraction of sp³-hybridized carbons (Fsp3) is 0.812. The van der Waals surface area contributed by atoms with Crippen LogP contribution in [0.15, 0.2) is 12.3 Å². The van der Waals surface area contributed by atoms with Crippen molar-refractivity contribution >= 4 is 0 Å². The van der Waals surface area contributed by atoms with Crippen molar-refractivity contribution in [2.45, 2.75) is 69.9 Å². The topological polar surface area (TPSA) is 29.9 Å². The summed E-state index contributed by atoms with van der Waals surface area (Å²) in [6.07, 6.45) is 14.3. The standard InChI is InChI=1S/C16H27N3/c1-17-16(13-6-2-3-7-13)12-14-10-11-19(18-14)15-8-4-5-9-15/h10-11,13,15-17H,2-9,12H2,1H3. The predicted octanol–water partition coefficient (Wildman–Crippen LogP) is 3.32. The van der Waals surface area contributed by atoms with Crippen LogP contribution in [0.25, 0.3) is 0 Å². The Morgan fingerprint density at radius 1 is 1.21 bits per heavy atom. The van der Waals surface area contributed by atoms with Gasteiger partial charge in [-0.05, 0) is 44.7 Å². The minimum Gasteiger partial charge on any atom is -0.316 e. The van der Waals surface area contributed by atoms with Gasteiger partial charge in [-0.1, -0.05) is 25.7 Å². The molecule has 2 fully saturated rings. The Bertz CT molecular complexity index is 386. The lowest BCUT2D eigenvalue weighted by molar-refractivity contribution is 0.371. The molecule has 2 saturated carbocycles. The number of aromatic nitrogens is 2. The molecular weight excluding hydrogens is 234 g/mol. The number of rotatable bonds is 5. The summed E-state index contributed by atoms with van der Waals surface area (Å²) in [6, 6.07) is 3.53. The van der Waals surface area contributed by atoms with E-state index in [1.165, 1.54) is 57.1 Å². The smallest absolute Gasteiger partial charge is 0.0640 e. The number of nitrogens with zero attached hydrogens (tertiary/aromatic N) is 2. The van der Waals surface area contributed by atoms with Crippen LogP contribution in [-0.2, 0) is 6.42 Å². The summed E-state index contributed by atoms with van der Waals surface area (Å²) in [7, 11) is 2.11.